The minimum absolute atomic E-state index is 0.153. The molecule has 2 atom stereocenters. The van der Waals surface area contributed by atoms with E-state index in [1.807, 2.05) is 47.7 Å². The molecule has 7 nitrogen and oxygen atoms in total. The Labute approximate surface area is 192 Å². The lowest BCUT2D eigenvalue weighted by molar-refractivity contribution is -0.122. The first-order valence-corrected chi connectivity index (χ1v) is 11.8. The molecule has 0 aliphatic carbocycles. The van der Waals surface area contributed by atoms with E-state index in [1.165, 1.54) is 11.3 Å². The van der Waals surface area contributed by atoms with Crippen LogP contribution in [-0.2, 0) is 16.1 Å². The molecule has 0 radical (unpaired) electrons. The number of hydrogen-bond donors (Lipinski definition) is 2. The van der Waals surface area contributed by atoms with Crippen LogP contribution in [0.5, 0.6) is 0 Å². The largest absolute Gasteiger partial charge is 0.352 e. The number of halogens is 1. The molecular formula is C24H22FN5O2S. The summed E-state index contributed by atoms with van der Waals surface area (Å²) in [6.07, 6.45) is 1.57. The van der Waals surface area contributed by atoms with Crippen LogP contribution in [0.4, 0.5) is 4.39 Å². The van der Waals surface area contributed by atoms with Crippen LogP contribution in [0.1, 0.15) is 17.7 Å². The number of alkyl halides is 1. The number of nitrogens with zero attached hydrogens (tertiary/aromatic N) is 3. The minimum atomic E-state index is -0.937. The molecule has 2 N–H and O–H groups in total. The Morgan fingerprint density at radius 3 is 2.82 bits per heavy atom. The molecule has 2 aliphatic heterocycles. The van der Waals surface area contributed by atoms with Crippen LogP contribution in [0.3, 0.4) is 0 Å². The third-order valence-corrected chi connectivity index (χ3v) is 7.53. The number of carbonyl (C=O) groups is 2. The summed E-state index contributed by atoms with van der Waals surface area (Å²) < 4.78 is 16.6. The summed E-state index contributed by atoms with van der Waals surface area (Å²) in [6.45, 7) is 1.67. The van der Waals surface area contributed by atoms with E-state index in [-0.39, 0.29) is 11.5 Å². The first-order valence-electron chi connectivity index (χ1n) is 10.9. The standard InChI is InChI=1S/C24H22FN5O2S/c1-29-8-6-13(17(25)12-29)11-30-18-5-3-2-4-15(18)21(28-30)20-19(22(31)27-23(20)32)16-10-26-24-14(16)7-9-33-24/h2-5,7,9-10,13,17,26H,6,8,11-12H2,1H3,(H,27,31,32)/t13-,17-/m1/s1. The van der Waals surface area contributed by atoms with Gasteiger partial charge in [-0.05, 0) is 37.5 Å². The Balaban J connectivity index is 1.51. The van der Waals surface area contributed by atoms with E-state index in [0.29, 0.717) is 29.9 Å². The highest BCUT2D eigenvalue weighted by Gasteiger charge is 2.36. The normalized spacial score (nSPS) is 22.1. The molecule has 1 saturated heterocycles. The zero-order chi connectivity index (χ0) is 22.7. The van der Waals surface area contributed by atoms with Crippen LogP contribution in [0.2, 0.25) is 0 Å². The average molecular weight is 464 g/mol. The number of likely N-dealkylation sites (tertiary alicyclic amines) is 1. The highest BCUT2D eigenvalue weighted by molar-refractivity contribution is 7.16. The first-order chi connectivity index (χ1) is 16.0. The van der Waals surface area contributed by atoms with Crippen molar-refractivity contribution in [1.82, 2.24) is 25.0 Å². The Morgan fingerprint density at radius 1 is 1.15 bits per heavy atom. The number of hydrogen-bond acceptors (Lipinski definition) is 5. The van der Waals surface area contributed by atoms with Crippen molar-refractivity contribution in [2.75, 3.05) is 20.1 Å². The predicted octanol–water partition coefficient (Wildman–Crippen LogP) is 3.44. The van der Waals surface area contributed by atoms with Crippen LogP contribution >= 0.6 is 11.3 Å². The number of benzene rings is 1. The second-order valence-electron chi connectivity index (χ2n) is 8.77. The van der Waals surface area contributed by atoms with Crippen molar-refractivity contribution in [3.63, 3.8) is 0 Å². The van der Waals surface area contributed by atoms with Gasteiger partial charge in [0.25, 0.3) is 11.8 Å². The van der Waals surface area contributed by atoms with E-state index in [0.717, 1.165) is 34.1 Å². The van der Waals surface area contributed by atoms with Gasteiger partial charge in [-0.25, -0.2) is 4.39 Å². The lowest BCUT2D eigenvalue weighted by Crippen LogP contribution is -2.41. The Bertz CT molecular complexity index is 1450. The number of H-pyrrole nitrogens is 1. The van der Waals surface area contributed by atoms with Gasteiger partial charge in [0.15, 0.2) is 0 Å². The highest BCUT2D eigenvalue weighted by atomic mass is 32.1. The highest BCUT2D eigenvalue weighted by Crippen LogP contribution is 2.38. The minimum Gasteiger partial charge on any atom is -0.352 e. The molecule has 0 saturated carbocycles. The molecule has 1 fully saturated rings. The fourth-order valence-corrected chi connectivity index (χ4v) is 5.75. The van der Waals surface area contributed by atoms with Gasteiger partial charge < -0.3 is 9.88 Å². The number of para-hydroxylation sites is 1. The van der Waals surface area contributed by atoms with E-state index < -0.39 is 18.0 Å². The second kappa shape index (κ2) is 7.64. The van der Waals surface area contributed by atoms with Crippen molar-refractivity contribution < 1.29 is 14.0 Å². The maximum Gasteiger partial charge on any atom is 0.261 e. The van der Waals surface area contributed by atoms with E-state index in [4.69, 9.17) is 5.10 Å². The summed E-state index contributed by atoms with van der Waals surface area (Å²) in [6, 6.07) is 9.55. The third-order valence-electron chi connectivity index (χ3n) is 6.68. The topological polar surface area (TPSA) is 83.0 Å². The molecule has 0 bridgehead atoms. The van der Waals surface area contributed by atoms with Gasteiger partial charge in [0.2, 0.25) is 0 Å². The molecule has 33 heavy (non-hydrogen) atoms. The molecule has 4 aromatic rings. The molecule has 168 valence electrons. The number of rotatable bonds is 4. The lowest BCUT2D eigenvalue weighted by Gasteiger charge is -2.32. The Morgan fingerprint density at radius 2 is 1.97 bits per heavy atom. The molecule has 2 aliphatic rings. The summed E-state index contributed by atoms with van der Waals surface area (Å²) in [5, 5.41) is 10.9. The van der Waals surface area contributed by atoms with Gasteiger partial charge in [0.1, 0.15) is 16.7 Å². The van der Waals surface area contributed by atoms with Crippen molar-refractivity contribution in [3.05, 3.63) is 53.2 Å². The third kappa shape index (κ3) is 3.22. The van der Waals surface area contributed by atoms with Crippen LogP contribution in [0.25, 0.3) is 32.3 Å². The number of amides is 2. The number of nitrogens with one attached hydrogen (secondary N) is 2. The molecule has 1 aromatic carbocycles. The van der Waals surface area contributed by atoms with Gasteiger partial charge in [-0.15, -0.1) is 11.3 Å². The number of thiophene rings is 1. The summed E-state index contributed by atoms with van der Waals surface area (Å²) >= 11 is 1.54. The monoisotopic (exact) mass is 463 g/mol. The van der Waals surface area contributed by atoms with Crippen LogP contribution in [0, 0.1) is 5.92 Å². The summed E-state index contributed by atoms with van der Waals surface area (Å²) in [5.41, 5.74) is 2.55. The second-order valence-corrected chi connectivity index (χ2v) is 9.69. The number of aromatic amines is 1. The molecule has 2 amide bonds. The molecule has 9 heteroatoms. The van der Waals surface area contributed by atoms with Gasteiger partial charge in [0.05, 0.1) is 16.7 Å². The fourth-order valence-electron chi connectivity index (χ4n) is 4.98. The summed E-state index contributed by atoms with van der Waals surface area (Å²) in [7, 11) is 1.93. The predicted molar refractivity (Wildman–Crippen MR) is 126 cm³/mol. The van der Waals surface area contributed by atoms with Crippen molar-refractivity contribution in [2.24, 2.45) is 5.92 Å². The summed E-state index contributed by atoms with van der Waals surface area (Å²) in [4.78, 5) is 32.0. The molecule has 6 rings (SSSR count). The van der Waals surface area contributed by atoms with Gasteiger partial charge in [0, 0.05) is 41.5 Å². The van der Waals surface area contributed by atoms with Crippen LogP contribution < -0.4 is 5.32 Å². The number of aromatic nitrogens is 3. The number of fused-ring (bicyclic) bond motifs is 2. The summed E-state index contributed by atoms with van der Waals surface area (Å²) in [5.74, 6) is -1.04. The van der Waals surface area contributed by atoms with Gasteiger partial charge in [-0.2, -0.15) is 5.10 Å². The van der Waals surface area contributed by atoms with Gasteiger partial charge in [-0.3, -0.25) is 19.6 Å². The molecule has 0 spiro atoms. The van der Waals surface area contributed by atoms with Crippen molar-refractivity contribution in [3.8, 4) is 0 Å². The first kappa shape index (κ1) is 20.3. The number of imide groups is 1. The van der Waals surface area contributed by atoms with E-state index >= 15 is 0 Å². The van der Waals surface area contributed by atoms with E-state index in [1.54, 1.807) is 10.9 Å². The average Bonchev–Trinajstić information content (AvgIpc) is 3.53. The van der Waals surface area contributed by atoms with Crippen molar-refractivity contribution in [2.45, 2.75) is 19.1 Å². The molecule has 0 unspecified atom stereocenters. The molecule has 5 heterocycles. The SMILES string of the molecule is CN1CC[C@H](Cn2nc(C3=C(c4c[nH]c5sccc45)C(=O)NC3=O)c3ccccc32)[C@H](F)C1. The Kier molecular flexibility index (Phi) is 4.70. The van der Waals surface area contributed by atoms with Gasteiger partial charge in [-0.1, -0.05) is 18.2 Å². The maximum atomic E-state index is 14.8. The Hall–Kier alpha value is -3.30. The fraction of sp³-hybridized carbons (Fsp3) is 0.292. The molecule has 3 aromatic heterocycles. The van der Waals surface area contributed by atoms with Crippen molar-refractivity contribution in [1.29, 1.82) is 0 Å². The van der Waals surface area contributed by atoms with Crippen molar-refractivity contribution >= 4 is 55.4 Å². The lowest BCUT2D eigenvalue weighted by atomic mass is 9.95. The van der Waals surface area contributed by atoms with E-state index in [9.17, 15) is 14.0 Å². The number of carbonyl (C=O) groups excluding carboxylic acids is 2. The smallest absolute Gasteiger partial charge is 0.261 e. The zero-order valence-electron chi connectivity index (χ0n) is 18.0. The van der Waals surface area contributed by atoms with E-state index in [2.05, 4.69) is 10.3 Å². The van der Waals surface area contributed by atoms with Gasteiger partial charge >= 0.3 is 0 Å². The number of piperidine rings is 1. The quantitative estimate of drug-likeness (QED) is 0.454. The zero-order valence-corrected chi connectivity index (χ0v) is 18.8. The van der Waals surface area contributed by atoms with Crippen LogP contribution in [-0.4, -0.2) is 57.8 Å². The van der Waals surface area contributed by atoms with Crippen LogP contribution in [0.15, 0.2) is 41.9 Å². The maximum absolute atomic E-state index is 14.8. The molecular weight excluding hydrogens is 441 g/mol.